The summed E-state index contributed by atoms with van der Waals surface area (Å²) < 4.78 is 4.51. The van der Waals surface area contributed by atoms with E-state index < -0.39 is 0 Å². The van der Waals surface area contributed by atoms with Crippen molar-refractivity contribution in [2.75, 3.05) is 0 Å². The zero-order chi connectivity index (χ0) is 28.4. The Kier molecular flexibility index (Phi) is 7.21. The molecule has 3 aromatic rings. The monoisotopic (exact) mass is 500 g/mol. The third kappa shape index (κ3) is 6.57. The van der Waals surface area contributed by atoms with Crippen molar-refractivity contribution < 1.29 is 4.57 Å². The third-order valence-electron chi connectivity index (χ3n) is 7.30. The van der Waals surface area contributed by atoms with Gasteiger partial charge < -0.3 is 0 Å². The molecule has 2 heteroatoms. The highest BCUT2D eigenvalue weighted by molar-refractivity contribution is 5.46. The van der Waals surface area contributed by atoms with Crippen molar-refractivity contribution in [1.82, 2.24) is 4.57 Å². The van der Waals surface area contributed by atoms with Gasteiger partial charge in [-0.3, -0.25) is 9.13 Å². The van der Waals surface area contributed by atoms with E-state index in [2.05, 4.69) is 162 Å². The molecule has 0 bridgehead atoms. The molecular formula is C35H52N2. The van der Waals surface area contributed by atoms with Crippen LogP contribution in [0.3, 0.4) is 0 Å². The maximum absolute atomic E-state index is 3.77. The lowest BCUT2D eigenvalue weighted by Crippen LogP contribution is -2.39. The van der Waals surface area contributed by atoms with Crippen LogP contribution in [-0.2, 0) is 27.1 Å². The van der Waals surface area contributed by atoms with Crippen molar-refractivity contribution in [2.45, 2.75) is 131 Å². The average molecular weight is 501 g/mol. The molecule has 202 valence electrons. The first-order valence-electron chi connectivity index (χ1n) is 13.9. The van der Waals surface area contributed by atoms with E-state index >= 15 is 0 Å². The predicted molar refractivity (Wildman–Crippen MR) is 160 cm³/mol. The molecule has 37 heavy (non-hydrogen) atoms. The molecule has 0 atom stereocenters. The number of rotatable bonds is 2. The summed E-state index contributed by atoms with van der Waals surface area (Å²) in [5.74, 6) is 0. The van der Waals surface area contributed by atoms with Gasteiger partial charge in [-0.25, -0.2) is 0 Å². The summed E-state index contributed by atoms with van der Waals surface area (Å²) in [4.78, 5) is 0. The predicted octanol–water partition coefficient (Wildman–Crippen LogP) is 9.04. The number of hydrogen-bond donors (Lipinski definition) is 0. The van der Waals surface area contributed by atoms with Crippen molar-refractivity contribution >= 4 is 0 Å². The minimum Gasteiger partial charge on any atom is -0.299 e. The Bertz CT molecular complexity index is 1200. The molecule has 1 heterocycles. The van der Waals surface area contributed by atoms with E-state index in [1.54, 1.807) is 0 Å². The molecule has 0 unspecified atom stereocenters. The topological polar surface area (TPSA) is 8.81 Å². The van der Waals surface area contributed by atoms with Gasteiger partial charge in [-0.05, 0) is 73.6 Å². The fraction of sp³-hybridized carbons (Fsp3) is 0.571. The standard InChI is InChI=1S/C35H52N2/c1-31(2,3)24-16-25(32(4,5)6)19-28(18-24)36-22-30(35(13,14)15)37(23-36)29-20-26(33(7,8)9)17-27(21-29)34(10,11)12/h16-22H,1-15H3. The van der Waals surface area contributed by atoms with Crippen molar-refractivity contribution in [1.29, 1.82) is 0 Å². The van der Waals surface area contributed by atoms with Crippen LogP contribution in [0.2, 0.25) is 0 Å². The van der Waals surface area contributed by atoms with Gasteiger partial charge in [-0.15, -0.1) is 0 Å². The van der Waals surface area contributed by atoms with Gasteiger partial charge in [0.1, 0.15) is 0 Å². The molecule has 0 fully saturated rings. The molecule has 2 nitrogen and oxygen atoms in total. The fourth-order valence-electron chi connectivity index (χ4n) is 4.45. The van der Waals surface area contributed by atoms with E-state index in [1.807, 2.05) is 0 Å². The van der Waals surface area contributed by atoms with Crippen molar-refractivity contribution in [2.24, 2.45) is 0 Å². The molecule has 1 aromatic heterocycles. The summed E-state index contributed by atoms with van der Waals surface area (Å²) in [5.41, 5.74) is 9.22. The van der Waals surface area contributed by atoms with Crippen LogP contribution < -0.4 is 4.57 Å². The molecule has 0 amide bonds. The van der Waals surface area contributed by atoms with Gasteiger partial charge in [0.25, 0.3) is 6.33 Å². The lowest BCUT2D eigenvalue weighted by atomic mass is 9.80. The lowest BCUT2D eigenvalue weighted by molar-refractivity contribution is -0.611. The number of imidazole rings is 1. The van der Waals surface area contributed by atoms with Crippen LogP contribution in [0.15, 0.2) is 42.6 Å². The number of benzene rings is 2. The molecule has 0 saturated carbocycles. The van der Waals surface area contributed by atoms with E-state index in [1.165, 1.54) is 39.3 Å². The number of hydrogen-bond acceptors (Lipinski definition) is 0. The Morgan fingerprint density at radius 1 is 0.486 bits per heavy atom. The zero-order valence-electron chi connectivity index (χ0n) is 26.4. The molecular weight excluding hydrogens is 448 g/mol. The van der Waals surface area contributed by atoms with Crippen LogP contribution in [0.5, 0.6) is 0 Å². The Morgan fingerprint density at radius 3 is 1.16 bits per heavy atom. The molecule has 0 saturated heterocycles. The minimum atomic E-state index is -0.0458. The van der Waals surface area contributed by atoms with Crippen molar-refractivity contribution in [3.63, 3.8) is 0 Å². The molecule has 2 aromatic carbocycles. The van der Waals surface area contributed by atoms with E-state index in [-0.39, 0.29) is 27.1 Å². The first-order chi connectivity index (χ1) is 16.5. The van der Waals surface area contributed by atoms with E-state index in [9.17, 15) is 0 Å². The Morgan fingerprint density at radius 2 is 0.838 bits per heavy atom. The fourth-order valence-corrected chi connectivity index (χ4v) is 4.45. The second-order valence-corrected chi connectivity index (χ2v) is 16.1. The largest absolute Gasteiger partial charge is 0.299 e. The molecule has 3 rings (SSSR count). The van der Waals surface area contributed by atoms with Gasteiger partial charge in [-0.1, -0.05) is 116 Å². The van der Waals surface area contributed by atoms with Gasteiger partial charge in [0.2, 0.25) is 0 Å². The zero-order valence-corrected chi connectivity index (χ0v) is 26.4. The lowest BCUT2D eigenvalue weighted by Gasteiger charge is -2.27. The van der Waals surface area contributed by atoms with E-state index in [4.69, 9.17) is 0 Å². The van der Waals surface area contributed by atoms with Gasteiger partial charge in [0.05, 0.1) is 17.1 Å². The van der Waals surface area contributed by atoms with Gasteiger partial charge in [0.15, 0.2) is 0 Å². The summed E-state index contributed by atoms with van der Waals surface area (Å²) in [7, 11) is 0. The minimum absolute atomic E-state index is 0.0458. The second-order valence-electron chi connectivity index (χ2n) is 16.1. The van der Waals surface area contributed by atoms with Crippen LogP contribution in [0.1, 0.15) is 132 Å². The van der Waals surface area contributed by atoms with Crippen LogP contribution >= 0.6 is 0 Å². The molecule has 0 radical (unpaired) electrons. The number of nitrogens with zero attached hydrogens (tertiary/aromatic N) is 2. The maximum atomic E-state index is 3.77. The SMILES string of the molecule is CC(C)(C)c1cc(-n2[c-][n+](-c3cc(C(C)(C)C)cc(C(C)(C)C)c3)c(C(C)(C)C)c2)cc(C(C)(C)C)c1. The summed E-state index contributed by atoms with van der Waals surface area (Å²) in [6.45, 7) is 34.5. The Labute approximate surface area is 228 Å². The normalized spacial score (nSPS) is 13.8. The van der Waals surface area contributed by atoms with E-state index in [0.29, 0.717) is 0 Å². The average Bonchev–Trinajstić information content (AvgIpc) is 3.17. The van der Waals surface area contributed by atoms with E-state index in [0.717, 1.165) is 0 Å². The first-order valence-corrected chi connectivity index (χ1v) is 13.9. The summed E-state index contributed by atoms with van der Waals surface area (Å²) >= 11 is 0. The Hall–Kier alpha value is -2.35. The maximum Gasteiger partial charge on any atom is 0.269 e. The molecule has 0 N–H and O–H groups in total. The van der Waals surface area contributed by atoms with Crippen molar-refractivity contribution in [3.8, 4) is 11.4 Å². The first kappa shape index (κ1) is 29.2. The molecule has 0 aliphatic rings. The van der Waals surface area contributed by atoms with Crippen molar-refractivity contribution in [3.05, 3.63) is 76.9 Å². The highest BCUT2D eigenvalue weighted by Crippen LogP contribution is 2.34. The summed E-state index contributed by atoms with van der Waals surface area (Å²) in [5, 5.41) is 0. The summed E-state index contributed by atoms with van der Waals surface area (Å²) in [6, 6.07) is 14.2. The molecule has 0 spiro atoms. The van der Waals surface area contributed by atoms with Crippen LogP contribution in [0, 0.1) is 6.33 Å². The smallest absolute Gasteiger partial charge is 0.269 e. The van der Waals surface area contributed by atoms with Crippen LogP contribution in [-0.4, -0.2) is 4.57 Å². The Balaban J connectivity index is 2.35. The molecule has 0 aliphatic heterocycles. The van der Waals surface area contributed by atoms with Gasteiger partial charge in [0, 0.05) is 6.20 Å². The second kappa shape index (κ2) is 9.14. The van der Waals surface area contributed by atoms with Gasteiger partial charge in [-0.2, -0.15) is 0 Å². The number of aromatic nitrogens is 2. The van der Waals surface area contributed by atoms with Crippen LogP contribution in [0.4, 0.5) is 0 Å². The van der Waals surface area contributed by atoms with Crippen LogP contribution in [0.25, 0.3) is 11.4 Å². The summed E-state index contributed by atoms with van der Waals surface area (Å²) in [6.07, 6.45) is 6.06. The quantitative estimate of drug-likeness (QED) is 0.245. The highest BCUT2D eigenvalue weighted by atomic mass is 15.1. The highest BCUT2D eigenvalue weighted by Gasteiger charge is 2.27. The van der Waals surface area contributed by atoms with Gasteiger partial charge >= 0.3 is 0 Å². The molecule has 0 aliphatic carbocycles. The third-order valence-corrected chi connectivity index (χ3v) is 7.30.